The Kier molecular flexibility index (Phi) is 6.18. The van der Waals surface area contributed by atoms with Crippen molar-refractivity contribution in [2.75, 3.05) is 25.1 Å². The first-order chi connectivity index (χ1) is 8.15. The summed E-state index contributed by atoms with van der Waals surface area (Å²) in [6, 6.07) is 4.36. The molecule has 1 rings (SSSR count). The maximum Gasteiger partial charge on any atom is 0.157 e. The summed E-state index contributed by atoms with van der Waals surface area (Å²) in [6.45, 7) is 1.31. The molecule has 0 fully saturated rings. The van der Waals surface area contributed by atoms with Gasteiger partial charge in [-0.15, -0.1) is 0 Å². The lowest BCUT2D eigenvalue weighted by Gasteiger charge is -2.12. The van der Waals surface area contributed by atoms with E-state index >= 15 is 0 Å². The van der Waals surface area contributed by atoms with Crippen LogP contribution in [-0.2, 0) is 0 Å². The summed E-state index contributed by atoms with van der Waals surface area (Å²) in [5.41, 5.74) is 0.595. The Bertz CT molecular complexity index is 347. The number of aliphatic hydroxyl groups is 1. The van der Waals surface area contributed by atoms with Crippen LogP contribution in [0.3, 0.4) is 0 Å². The third-order valence-electron chi connectivity index (χ3n) is 2.42. The van der Waals surface area contributed by atoms with Crippen LogP contribution in [0.15, 0.2) is 18.2 Å². The van der Waals surface area contributed by atoms with E-state index < -0.39 is 6.10 Å². The van der Waals surface area contributed by atoms with E-state index in [9.17, 15) is 10.2 Å². The van der Waals surface area contributed by atoms with Gasteiger partial charge in [0.15, 0.2) is 11.5 Å². The van der Waals surface area contributed by atoms with Crippen LogP contribution < -0.4 is 5.32 Å². The molecule has 0 aliphatic heterocycles. The highest BCUT2D eigenvalue weighted by Crippen LogP contribution is 2.27. The predicted molar refractivity (Wildman–Crippen MR) is 70.6 cm³/mol. The van der Waals surface area contributed by atoms with Gasteiger partial charge in [0.05, 0.1) is 6.10 Å². The molecule has 0 bridgehead atoms. The predicted octanol–water partition coefficient (Wildman–Crippen LogP) is 1.47. The van der Waals surface area contributed by atoms with Crippen LogP contribution in [-0.4, -0.2) is 40.4 Å². The van der Waals surface area contributed by atoms with Crippen LogP contribution in [0.5, 0.6) is 11.5 Å². The Labute approximate surface area is 106 Å². The van der Waals surface area contributed by atoms with Crippen LogP contribution in [0, 0.1) is 0 Å². The molecule has 0 aromatic heterocycles. The molecule has 17 heavy (non-hydrogen) atoms. The first-order valence-corrected chi connectivity index (χ1v) is 6.94. The molecular formula is C12H19NO3S. The van der Waals surface area contributed by atoms with Crippen molar-refractivity contribution in [3.05, 3.63) is 23.8 Å². The first-order valence-electron chi connectivity index (χ1n) is 5.54. The lowest BCUT2D eigenvalue weighted by atomic mass is 10.1. The van der Waals surface area contributed by atoms with Crippen molar-refractivity contribution in [1.29, 1.82) is 0 Å². The van der Waals surface area contributed by atoms with Gasteiger partial charge in [-0.2, -0.15) is 11.8 Å². The molecule has 96 valence electrons. The fraction of sp³-hybridized carbons (Fsp3) is 0.500. The summed E-state index contributed by atoms with van der Waals surface area (Å²) in [6.07, 6.45) is 2.46. The van der Waals surface area contributed by atoms with Gasteiger partial charge >= 0.3 is 0 Å². The molecule has 0 unspecified atom stereocenters. The third-order valence-corrected chi connectivity index (χ3v) is 3.12. The monoisotopic (exact) mass is 257 g/mol. The Balaban J connectivity index is 2.36. The fourth-order valence-corrected chi connectivity index (χ4v) is 1.88. The molecule has 0 saturated heterocycles. The number of phenolic OH excluding ortho intramolecular Hbond substituents is 2. The van der Waals surface area contributed by atoms with E-state index in [1.54, 1.807) is 17.8 Å². The SMILES string of the molecule is CSCCCNC[C@H](O)c1ccc(O)c(O)c1. The number of aliphatic hydroxyl groups excluding tert-OH is 1. The lowest BCUT2D eigenvalue weighted by Crippen LogP contribution is -2.22. The van der Waals surface area contributed by atoms with Crippen LogP contribution in [0.4, 0.5) is 0 Å². The highest BCUT2D eigenvalue weighted by molar-refractivity contribution is 7.98. The van der Waals surface area contributed by atoms with Gasteiger partial charge in [0.2, 0.25) is 0 Å². The maximum atomic E-state index is 9.83. The molecule has 4 nitrogen and oxygen atoms in total. The Morgan fingerprint density at radius 1 is 1.29 bits per heavy atom. The van der Waals surface area contributed by atoms with Crippen LogP contribution in [0.1, 0.15) is 18.1 Å². The van der Waals surface area contributed by atoms with Gasteiger partial charge in [-0.1, -0.05) is 6.07 Å². The Morgan fingerprint density at radius 2 is 2.06 bits per heavy atom. The molecule has 0 aliphatic carbocycles. The normalized spacial score (nSPS) is 12.6. The average molecular weight is 257 g/mol. The minimum Gasteiger partial charge on any atom is -0.504 e. The topological polar surface area (TPSA) is 72.7 Å². The van der Waals surface area contributed by atoms with Crippen molar-refractivity contribution < 1.29 is 15.3 Å². The molecule has 4 N–H and O–H groups in total. The van der Waals surface area contributed by atoms with E-state index in [0.29, 0.717) is 12.1 Å². The minimum absolute atomic E-state index is 0.172. The largest absolute Gasteiger partial charge is 0.504 e. The van der Waals surface area contributed by atoms with Gasteiger partial charge in [-0.25, -0.2) is 0 Å². The molecule has 0 aliphatic rings. The number of benzene rings is 1. The van der Waals surface area contributed by atoms with Crippen molar-refractivity contribution in [3.8, 4) is 11.5 Å². The third kappa shape index (κ3) is 4.85. The summed E-state index contributed by atoms with van der Waals surface area (Å²) in [4.78, 5) is 0. The van der Waals surface area contributed by atoms with E-state index in [0.717, 1.165) is 18.7 Å². The number of aromatic hydroxyl groups is 2. The molecule has 0 spiro atoms. The smallest absolute Gasteiger partial charge is 0.157 e. The fourth-order valence-electron chi connectivity index (χ4n) is 1.45. The van der Waals surface area contributed by atoms with Crippen molar-refractivity contribution in [2.24, 2.45) is 0 Å². The Morgan fingerprint density at radius 3 is 2.71 bits per heavy atom. The zero-order valence-electron chi connectivity index (χ0n) is 9.89. The van der Waals surface area contributed by atoms with Gasteiger partial charge in [0.1, 0.15) is 0 Å². The number of hydrogen-bond acceptors (Lipinski definition) is 5. The highest BCUT2D eigenvalue weighted by Gasteiger charge is 2.09. The Hall–Kier alpha value is -0.910. The average Bonchev–Trinajstić information content (AvgIpc) is 2.32. The van der Waals surface area contributed by atoms with Crippen molar-refractivity contribution >= 4 is 11.8 Å². The summed E-state index contributed by atoms with van der Waals surface area (Å²) in [5.74, 6) is 0.723. The zero-order valence-corrected chi connectivity index (χ0v) is 10.7. The molecule has 0 radical (unpaired) electrons. The quantitative estimate of drug-likeness (QED) is 0.440. The number of hydrogen-bond donors (Lipinski definition) is 4. The molecular weight excluding hydrogens is 238 g/mol. The van der Waals surface area contributed by atoms with Crippen LogP contribution in [0.2, 0.25) is 0 Å². The van der Waals surface area contributed by atoms with Crippen LogP contribution >= 0.6 is 11.8 Å². The molecule has 1 atom stereocenters. The van der Waals surface area contributed by atoms with E-state index in [-0.39, 0.29) is 11.5 Å². The molecule has 0 heterocycles. The molecule has 0 amide bonds. The standard InChI is InChI=1S/C12H19NO3S/c1-17-6-2-5-13-8-12(16)9-3-4-10(14)11(15)7-9/h3-4,7,12-16H,2,5-6,8H2,1H3/t12-/m0/s1. The molecule has 1 aromatic carbocycles. The van der Waals surface area contributed by atoms with Crippen molar-refractivity contribution in [1.82, 2.24) is 5.32 Å². The van der Waals surface area contributed by atoms with Crippen LogP contribution in [0.25, 0.3) is 0 Å². The molecule has 5 heteroatoms. The van der Waals surface area contributed by atoms with E-state index in [4.69, 9.17) is 5.11 Å². The summed E-state index contributed by atoms with van der Waals surface area (Å²) >= 11 is 1.80. The second-order valence-electron chi connectivity index (χ2n) is 3.81. The van der Waals surface area contributed by atoms with Gasteiger partial charge in [0, 0.05) is 6.54 Å². The second-order valence-corrected chi connectivity index (χ2v) is 4.80. The second kappa shape index (κ2) is 7.42. The van der Waals surface area contributed by atoms with Gasteiger partial charge < -0.3 is 20.6 Å². The summed E-state index contributed by atoms with van der Waals surface area (Å²) in [5, 5.41) is 31.4. The molecule has 1 aromatic rings. The summed E-state index contributed by atoms with van der Waals surface area (Å²) in [7, 11) is 0. The van der Waals surface area contributed by atoms with E-state index in [2.05, 4.69) is 11.6 Å². The zero-order chi connectivity index (χ0) is 12.7. The minimum atomic E-state index is -0.671. The van der Waals surface area contributed by atoms with Gasteiger partial charge in [-0.3, -0.25) is 0 Å². The van der Waals surface area contributed by atoms with Gasteiger partial charge in [0.25, 0.3) is 0 Å². The van der Waals surface area contributed by atoms with E-state index in [1.807, 2.05) is 0 Å². The first kappa shape index (κ1) is 14.2. The summed E-state index contributed by atoms with van der Waals surface area (Å²) < 4.78 is 0. The number of phenols is 2. The number of nitrogens with one attached hydrogen (secondary N) is 1. The van der Waals surface area contributed by atoms with E-state index in [1.165, 1.54) is 12.1 Å². The highest BCUT2D eigenvalue weighted by atomic mass is 32.2. The lowest BCUT2D eigenvalue weighted by molar-refractivity contribution is 0.174. The van der Waals surface area contributed by atoms with Crippen molar-refractivity contribution in [3.63, 3.8) is 0 Å². The number of rotatable bonds is 7. The van der Waals surface area contributed by atoms with Gasteiger partial charge in [-0.05, 0) is 42.7 Å². The molecule has 0 saturated carbocycles. The maximum absolute atomic E-state index is 9.83. The number of thioether (sulfide) groups is 1. The van der Waals surface area contributed by atoms with Crippen molar-refractivity contribution in [2.45, 2.75) is 12.5 Å².